The van der Waals surface area contributed by atoms with Crippen molar-refractivity contribution in [3.63, 3.8) is 0 Å². The van der Waals surface area contributed by atoms with Crippen molar-refractivity contribution in [1.82, 2.24) is 5.32 Å². The second kappa shape index (κ2) is 9.77. The molecule has 0 bridgehead atoms. The number of nitrogens with one attached hydrogen (secondary N) is 1. The number of benzene rings is 2. The Morgan fingerprint density at radius 3 is 2.19 bits per heavy atom. The second-order valence-corrected chi connectivity index (χ2v) is 10.6. The van der Waals surface area contributed by atoms with Crippen LogP contribution in [0.5, 0.6) is 0 Å². The molecule has 8 heteroatoms. The first-order chi connectivity index (χ1) is 14.3. The zero-order valence-electron chi connectivity index (χ0n) is 18.6. The van der Waals surface area contributed by atoms with Crippen molar-refractivity contribution >= 4 is 21.6 Å². The molecule has 0 aliphatic carbocycles. The third kappa shape index (κ3) is 7.02. The second-order valence-electron chi connectivity index (χ2n) is 8.70. The molecule has 0 unspecified atom stereocenters. The molecule has 1 N–H and O–H groups in total. The molecule has 0 heterocycles. The largest absolute Gasteiger partial charge is 0.350 e. The van der Waals surface area contributed by atoms with Crippen LogP contribution in [0.25, 0.3) is 0 Å². The Kier molecular flexibility index (Phi) is 7.81. The third-order valence-corrected chi connectivity index (χ3v) is 6.20. The van der Waals surface area contributed by atoms with Gasteiger partial charge in [-0.25, -0.2) is 17.2 Å². The van der Waals surface area contributed by atoms with Crippen LogP contribution in [0.2, 0.25) is 0 Å². The quantitative estimate of drug-likeness (QED) is 0.632. The molecule has 0 aliphatic heterocycles. The summed E-state index contributed by atoms with van der Waals surface area (Å²) in [5, 5.41) is 2.91. The van der Waals surface area contributed by atoms with Crippen molar-refractivity contribution in [3.05, 3.63) is 65.2 Å². The molecule has 0 fully saturated rings. The molecule has 5 nitrogen and oxygen atoms in total. The van der Waals surface area contributed by atoms with E-state index in [1.807, 2.05) is 31.2 Å². The zero-order valence-corrected chi connectivity index (χ0v) is 19.4. The molecule has 2 aromatic rings. The molecule has 0 radical (unpaired) electrons. The van der Waals surface area contributed by atoms with Crippen molar-refractivity contribution in [2.45, 2.75) is 52.0 Å². The number of halogens is 2. The van der Waals surface area contributed by atoms with Gasteiger partial charge in [0.1, 0.15) is 0 Å². The molecule has 2 aromatic carbocycles. The van der Waals surface area contributed by atoms with E-state index < -0.39 is 21.7 Å². The van der Waals surface area contributed by atoms with E-state index in [0.29, 0.717) is 0 Å². The van der Waals surface area contributed by atoms with Gasteiger partial charge in [-0.05, 0) is 42.0 Å². The minimum Gasteiger partial charge on any atom is -0.350 e. The van der Waals surface area contributed by atoms with Gasteiger partial charge in [-0.3, -0.25) is 9.10 Å². The molecule has 0 saturated heterocycles. The average Bonchev–Trinajstić information content (AvgIpc) is 2.66. The number of carbonyl (C=O) groups is 1. The molecule has 31 heavy (non-hydrogen) atoms. The highest BCUT2D eigenvalue weighted by atomic mass is 32.2. The van der Waals surface area contributed by atoms with E-state index in [0.717, 1.165) is 28.3 Å². The molecule has 0 saturated carbocycles. The first-order valence-corrected chi connectivity index (χ1v) is 12.0. The maximum absolute atomic E-state index is 13.5. The standard InChI is InChI=1S/C23H30F2N2O3S/c1-16(17-8-10-18(11-9-17)23(2,3)4)26-22(28)7-6-14-27(31(5,29)30)19-12-13-20(24)21(25)15-19/h8-13,15-16H,6-7,14H2,1-5H3,(H,26,28)/t16-/m1/s1. The molecular formula is C23H30F2N2O3S. The topological polar surface area (TPSA) is 66.5 Å². The van der Waals surface area contributed by atoms with Crippen molar-refractivity contribution in [1.29, 1.82) is 0 Å². The lowest BCUT2D eigenvalue weighted by atomic mass is 9.86. The van der Waals surface area contributed by atoms with Crippen molar-refractivity contribution < 1.29 is 22.0 Å². The van der Waals surface area contributed by atoms with Crippen molar-refractivity contribution in [3.8, 4) is 0 Å². The zero-order chi connectivity index (χ0) is 23.4. The summed E-state index contributed by atoms with van der Waals surface area (Å²) in [6, 6.07) is 10.8. The van der Waals surface area contributed by atoms with E-state index in [1.54, 1.807) is 0 Å². The van der Waals surface area contributed by atoms with Gasteiger partial charge in [0.2, 0.25) is 15.9 Å². The lowest BCUT2D eigenvalue weighted by molar-refractivity contribution is -0.121. The van der Waals surface area contributed by atoms with Gasteiger partial charge in [0.25, 0.3) is 0 Å². The summed E-state index contributed by atoms with van der Waals surface area (Å²) >= 11 is 0. The Balaban J connectivity index is 1.95. The van der Waals surface area contributed by atoms with Gasteiger partial charge in [0.15, 0.2) is 11.6 Å². The minimum absolute atomic E-state index is 0.0218. The first kappa shape index (κ1) is 24.8. The highest BCUT2D eigenvalue weighted by Crippen LogP contribution is 2.24. The van der Waals surface area contributed by atoms with E-state index in [-0.39, 0.29) is 42.4 Å². The average molecular weight is 453 g/mol. The SMILES string of the molecule is C[C@@H](NC(=O)CCCN(c1ccc(F)c(F)c1)S(C)(=O)=O)c1ccc(C(C)(C)C)cc1. The lowest BCUT2D eigenvalue weighted by Crippen LogP contribution is -2.32. The van der Waals surface area contributed by atoms with E-state index in [1.165, 1.54) is 11.6 Å². The summed E-state index contributed by atoms with van der Waals surface area (Å²) in [7, 11) is -3.72. The normalized spacial score (nSPS) is 13.0. The van der Waals surface area contributed by atoms with Gasteiger partial charge in [-0.2, -0.15) is 0 Å². The molecule has 0 aromatic heterocycles. The Morgan fingerprint density at radius 2 is 1.68 bits per heavy atom. The van der Waals surface area contributed by atoms with Gasteiger partial charge in [-0.15, -0.1) is 0 Å². The van der Waals surface area contributed by atoms with Crippen molar-refractivity contribution in [2.24, 2.45) is 0 Å². The van der Waals surface area contributed by atoms with Gasteiger partial charge in [0.05, 0.1) is 18.0 Å². The Labute approximate surface area is 183 Å². The summed E-state index contributed by atoms with van der Waals surface area (Å²) in [6.07, 6.45) is 1.31. The van der Waals surface area contributed by atoms with Crippen LogP contribution in [0.4, 0.5) is 14.5 Å². The van der Waals surface area contributed by atoms with Gasteiger partial charge in [-0.1, -0.05) is 45.0 Å². The highest BCUT2D eigenvalue weighted by molar-refractivity contribution is 7.92. The number of hydrogen-bond acceptors (Lipinski definition) is 3. The van der Waals surface area contributed by atoms with E-state index in [9.17, 15) is 22.0 Å². The predicted octanol–water partition coefficient (Wildman–Crippen LogP) is 4.69. The maximum atomic E-state index is 13.5. The number of hydrogen-bond donors (Lipinski definition) is 1. The van der Waals surface area contributed by atoms with Crippen LogP contribution < -0.4 is 9.62 Å². The summed E-state index contributed by atoms with van der Waals surface area (Å²) in [5.41, 5.74) is 2.24. The molecular weight excluding hydrogens is 422 g/mol. The highest BCUT2D eigenvalue weighted by Gasteiger charge is 2.20. The molecule has 170 valence electrons. The number of sulfonamides is 1. The van der Waals surface area contributed by atoms with Crippen LogP contribution in [0.1, 0.15) is 57.7 Å². The number of amides is 1. The molecule has 1 amide bonds. The summed E-state index contributed by atoms with van der Waals surface area (Å²) in [5.74, 6) is -2.40. The number of carbonyl (C=O) groups excluding carboxylic acids is 1. The Morgan fingerprint density at radius 1 is 1.06 bits per heavy atom. The maximum Gasteiger partial charge on any atom is 0.232 e. The summed E-state index contributed by atoms with van der Waals surface area (Å²) in [6.45, 7) is 8.26. The number of nitrogens with zero attached hydrogens (tertiary/aromatic N) is 1. The summed E-state index contributed by atoms with van der Waals surface area (Å²) < 4.78 is 51.8. The Hall–Kier alpha value is -2.48. The molecule has 1 atom stereocenters. The number of anilines is 1. The van der Waals surface area contributed by atoms with Crippen LogP contribution >= 0.6 is 0 Å². The van der Waals surface area contributed by atoms with Crippen molar-refractivity contribution in [2.75, 3.05) is 17.1 Å². The van der Waals surface area contributed by atoms with Crippen LogP contribution in [0.15, 0.2) is 42.5 Å². The van der Waals surface area contributed by atoms with Gasteiger partial charge in [0, 0.05) is 19.0 Å². The fourth-order valence-corrected chi connectivity index (χ4v) is 4.14. The lowest BCUT2D eigenvalue weighted by Gasteiger charge is -2.23. The molecule has 0 aliphatic rings. The number of rotatable bonds is 8. The van der Waals surface area contributed by atoms with E-state index in [2.05, 4.69) is 26.1 Å². The third-order valence-electron chi connectivity index (χ3n) is 5.01. The fourth-order valence-electron chi connectivity index (χ4n) is 3.18. The monoisotopic (exact) mass is 452 g/mol. The van der Waals surface area contributed by atoms with Crippen LogP contribution in [0, 0.1) is 11.6 Å². The van der Waals surface area contributed by atoms with Gasteiger partial charge >= 0.3 is 0 Å². The van der Waals surface area contributed by atoms with Crippen LogP contribution in [0.3, 0.4) is 0 Å². The first-order valence-electron chi connectivity index (χ1n) is 10.1. The predicted molar refractivity (Wildman–Crippen MR) is 119 cm³/mol. The smallest absolute Gasteiger partial charge is 0.232 e. The van der Waals surface area contributed by atoms with E-state index in [4.69, 9.17) is 0 Å². The molecule has 0 spiro atoms. The fraction of sp³-hybridized carbons (Fsp3) is 0.435. The van der Waals surface area contributed by atoms with Gasteiger partial charge < -0.3 is 5.32 Å². The molecule has 2 rings (SSSR count). The van der Waals surface area contributed by atoms with E-state index >= 15 is 0 Å². The summed E-state index contributed by atoms with van der Waals surface area (Å²) in [4.78, 5) is 12.3. The van der Waals surface area contributed by atoms with Crippen LogP contribution in [-0.4, -0.2) is 27.1 Å². The minimum atomic E-state index is -3.72. The van der Waals surface area contributed by atoms with Crippen LogP contribution in [-0.2, 0) is 20.2 Å². The Bertz CT molecular complexity index is 1020.